The minimum atomic E-state index is -3.89. The summed E-state index contributed by atoms with van der Waals surface area (Å²) < 4.78 is 35.2. The molecule has 0 saturated carbocycles. The molecule has 1 heterocycles. The lowest BCUT2D eigenvalue weighted by atomic mass is 10.2. The predicted molar refractivity (Wildman–Crippen MR) is 110 cm³/mol. The summed E-state index contributed by atoms with van der Waals surface area (Å²) in [6, 6.07) is 11.5. The molecule has 1 N–H and O–H groups in total. The van der Waals surface area contributed by atoms with Crippen LogP contribution in [-0.2, 0) is 27.9 Å². The molecule has 3 rings (SSSR count). The number of sulfonamides is 1. The van der Waals surface area contributed by atoms with Gasteiger partial charge in [0.15, 0.2) is 12.4 Å². The molecule has 10 heteroatoms. The minimum Gasteiger partial charge on any atom is -0.454 e. The van der Waals surface area contributed by atoms with Crippen molar-refractivity contribution in [3.05, 3.63) is 65.0 Å². The van der Waals surface area contributed by atoms with Crippen LogP contribution in [0.25, 0.3) is 0 Å². The van der Waals surface area contributed by atoms with E-state index < -0.39 is 16.0 Å². The van der Waals surface area contributed by atoms with Crippen molar-refractivity contribution in [3.63, 3.8) is 0 Å². The van der Waals surface area contributed by atoms with Crippen LogP contribution in [0.2, 0.25) is 0 Å². The number of para-hydroxylation sites is 1. The number of aryl methyl sites for hydroxylation is 3. The summed E-state index contributed by atoms with van der Waals surface area (Å²) in [7, 11) is -3.89. The Bertz CT molecular complexity index is 1160. The smallest absolute Gasteiger partial charge is 0.340 e. The molecule has 1 aromatic heterocycles. The number of ether oxygens (including phenoxy) is 1. The Morgan fingerprint density at radius 1 is 1.17 bits per heavy atom. The molecule has 0 spiro atoms. The Hall–Kier alpha value is -3.27. The third-order valence-electron chi connectivity index (χ3n) is 4.40. The van der Waals surface area contributed by atoms with Crippen LogP contribution in [0.15, 0.2) is 47.4 Å². The lowest BCUT2D eigenvalue weighted by Crippen LogP contribution is -2.18. The molecule has 2 aromatic carbocycles. The van der Waals surface area contributed by atoms with Crippen molar-refractivity contribution in [1.82, 2.24) is 20.2 Å². The summed E-state index contributed by atoms with van der Waals surface area (Å²) in [6.45, 7) is 6.00. The van der Waals surface area contributed by atoms with E-state index >= 15 is 0 Å². The van der Waals surface area contributed by atoms with E-state index in [2.05, 4.69) is 20.2 Å². The topological polar surface area (TPSA) is 116 Å². The number of tetrazole rings is 1. The predicted octanol–water partition coefficient (Wildman–Crippen LogP) is 2.86. The molecule has 158 valence electrons. The van der Waals surface area contributed by atoms with Crippen molar-refractivity contribution in [1.29, 1.82) is 0 Å². The molecule has 3 aromatic rings. The molecule has 9 nitrogen and oxygen atoms in total. The monoisotopic (exact) mass is 429 g/mol. The van der Waals surface area contributed by atoms with Crippen LogP contribution in [0.1, 0.15) is 40.7 Å². The molecule has 0 aliphatic rings. The maximum absolute atomic E-state index is 12.9. The van der Waals surface area contributed by atoms with Crippen molar-refractivity contribution in [3.8, 4) is 0 Å². The van der Waals surface area contributed by atoms with Crippen LogP contribution in [0.4, 0.5) is 5.69 Å². The van der Waals surface area contributed by atoms with Crippen molar-refractivity contribution in [2.45, 2.75) is 45.2 Å². The number of rotatable bonds is 8. The highest BCUT2D eigenvalue weighted by molar-refractivity contribution is 7.92. The minimum absolute atomic E-state index is 0.0981. The number of nitrogens with one attached hydrogen (secondary N) is 1. The third-order valence-corrected chi connectivity index (χ3v) is 5.91. The van der Waals surface area contributed by atoms with Gasteiger partial charge in [0.2, 0.25) is 0 Å². The number of nitrogens with zero attached hydrogens (tertiary/aromatic N) is 4. The van der Waals surface area contributed by atoms with E-state index in [0.717, 1.165) is 12.0 Å². The van der Waals surface area contributed by atoms with Gasteiger partial charge in [-0.25, -0.2) is 17.9 Å². The SMILES string of the molecule is CCCn1nnnc1COC(=O)c1ccccc1NS(=O)(=O)c1cc(C)ccc1C. The molecule has 0 aliphatic carbocycles. The van der Waals surface area contributed by atoms with E-state index in [1.807, 2.05) is 19.9 Å². The van der Waals surface area contributed by atoms with Gasteiger partial charge in [0.1, 0.15) is 0 Å². The zero-order chi connectivity index (χ0) is 21.7. The first-order chi connectivity index (χ1) is 14.3. The summed E-state index contributed by atoms with van der Waals surface area (Å²) in [5, 5.41) is 11.3. The molecule has 0 amide bonds. The number of aromatic nitrogens is 4. The fourth-order valence-corrected chi connectivity index (χ4v) is 4.28. The van der Waals surface area contributed by atoms with Crippen molar-refractivity contribution < 1.29 is 17.9 Å². The second-order valence-corrected chi connectivity index (χ2v) is 8.47. The van der Waals surface area contributed by atoms with Crippen LogP contribution < -0.4 is 4.72 Å². The first kappa shape index (κ1) is 21.4. The van der Waals surface area contributed by atoms with Gasteiger partial charge in [-0.3, -0.25) is 4.72 Å². The molecule has 0 fully saturated rings. The number of esters is 1. The second kappa shape index (κ2) is 9.04. The van der Waals surface area contributed by atoms with Crippen molar-refractivity contribution >= 4 is 21.7 Å². The van der Waals surface area contributed by atoms with Gasteiger partial charge in [-0.05, 0) is 60.0 Å². The molecule has 0 bridgehead atoms. The van der Waals surface area contributed by atoms with E-state index in [-0.39, 0.29) is 22.8 Å². The van der Waals surface area contributed by atoms with E-state index in [1.165, 1.54) is 12.1 Å². The average Bonchev–Trinajstić information content (AvgIpc) is 3.15. The zero-order valence-corrected chi connectivity index (χ0v) is 17.8. The number of carbonyl (C=O) groups is 1. The fraction of sp³-hybridized carbons (Fsp3) is 0.300. The number of carbonyl (C=O) groups excluding carboxylic acids is 1. The van der Waals surface area contributed by atoms with Crippen molar-refractivity contribution in [2.24, 2.45) is 0 Å². The van der Waals surface area contributed by atoms with Crippen LogP contribution in [-0.4, -0.2) is 34.6 Å². The Kier molecular flexibility index (Phi) is 6.46. The van der Waals surface area contributed by atoms with Crippen LogP contribution in [0.3, 0.4) is 0 Å². The first-order valence-electron chi connectivity index (χ1n) is 9.43. The van der Waals surface area contributed by atoms with Gasteiger partial charge in [-0.2, -0.15) is 0 Å². The van der Waals surface area contributed by atoms with E-state index in [0.29, 0.717) is 17.9 Å². The Balaban J connectivity index is 1.81. The summed E-state index contributed by atoms with van der Waals surface area (Å²) in [5.74, 6) is -0.265. The Morgan fingerprint density at radius 2 is 1.93 bits per heavy atom. The van der Waals surface area contributed by atoms with Gasteiger partial charge < -0.3 is 4.74 Å². The maximum Gasteiger partial charge on any atom is 0.340 e. The third kappa shape index (κ3) is 4.82. The molecule has 30 heavy (non-hydrogen) atoms. The molecule has 0 aliphatic heterocycles. The van der Waals surface area contributed by atoms with Gasteiger partial charge in [0.05, 0.1) is 16.1 Å². The van der Waals surface area contributed by atoms with Crippen LogP contribution in [0, 0.1) is 13.8 Å². The highest BCUT2D eigenvalue weighted by Crippen LogP contribution is 2.23. The van der Waals surface area contributed by atoms with E-state index in [9.17, 15) is 13.2 Å². The largest absolute Gasteiger partial charge is 0.454 e. The van der Waals surface area contributed by atoms with E-state index in [4.69, 9.17) is 4.74 Å². The molecular weight excluding hydrogens is 406 g/mol. The molecule has 0 radical (unpaired) electrons. The van der Waals surface area contributed by atoms with Gasteiger partial charge in [-0.15, -0.1) is 5.10 Å². The normalized spacial score (nSPS) is 11.3. The average molecular weight is 430 g/mol. The summed E-state index contributed by atoms with van der Waals surface area (Å²) in [6.07, 6.45) is 0.828. The molecular formula is C20H23N5O4S. The number of hydrogen-bond acceptors (Lipinski definition) is 7. The van der Waals surface area contributed by atoms with Crippen LogP contribution >= 0.6 is 0 Å². The standard InChI is InChI=1S/C20H23N5O4S/c1-4-11-25-19(21-23-24-25)13-29-20(26)16-7-5-6-8-17(16)22-30(27,28)18-12-14(2)9-10-15(18)3/h5-10,12,22H,4,11,13H2,1-3H3. The zero-order valence-electron chi connectivity index (χ0n) is 17.0. The fourth-order valence-electron chi connectivity index (χ4n) is 2.87. The highest BCUT2D eigenvalue weighted by Gasteiger charge is 2.21. The van der Waals surface area contributed by atoms with Gasteiger partial charge in [-0.1, -0.05) is 31.2 Å². The van der Waals surface area contributed by atoms with Gasteiger partial charge in [0.25, 0.3) is 10.0 Å². The lowest BCUT2D eigenvalue weighted by molar-refractivity contribution is 0.0457. The molecule has 0 atom stereocenters. The number of benzene rings is 2. The van der Waals surface area contributed by atoms with Crippen molar-refractivity contribution in [2.75, 3.05) is 4.72 Å². The lowest BCUT2D eigenvalue weighted by Gasteiger charge is -2.14. The quantitative estimate of drug-likeness (QED) is 0.547. The highest BCUT2D eigenvalue weighted by atomic mass is 32.2. The van der Waals surface area contributed by atoms with E-state index in [1.54, 1.807) is 35.9 Å². The number of hydrogen-bond donors (Lipinski definition) is 1. The van der Waals surface area contributed by atoms with Crippen LogP contribution in [0.5, 0.6) is 0 Å². The molecule has 0 saturated heterocycles. The molecule has 0 unspecified atom stereocenters. The van der Waals surface area contributed by atoms with Gasteiger partial charge in [0, 0.05) is 6.54 Å². The number of anilines is 1. The Morgan fingerprint density at radius 3 is 2.70 bits per heavy atom. The Labute approximate surface area is 175 Å². The first-order valence-corrected chi connectivity index (χ1v) is 10.9. The summed E-state index contributed by atoms with van der Waals surface area (Å²) >= 11 is 0. The summed E-state index contributed by atoms with van der Waals surface area (Å²) in [5.41, 5.74) is 1.66. The maximum atomic E-state index is 12.9. The summed E-state index contributed by atoms with van der Waals surface area (Å²) in [4.78, 5) is 12.8. The second-order valence-electron chi connectivity index (χ2n) is 6.81. The van der Waals surface area contributed by atoms with Gasteiger partial charge >= 0.3 is 5.97 Å².